The molecule has 2 amide bonds. The molecule has 0 heterocycles. The quantitative estimate of drug-likeness (QED) is 0.125. The molecule has 1 N–H and O–H groups in total. The van der Waals surface area contributed by atoms with E-state index in [1.54, 1.807) is 61.5 Å². The Morgan fingerprint density at radius 3 is 2.00 bits per heavy atom. The maximum absolute atomic E-state index is 14.6. The monoisotopic (exact) mass is 729 g/mol. The molecule has 0 fully saturated rings. The molecule has 8 nitrogen and oxygen atoms in total. The highest BCUT2D eigenvalue weighted by molar-refractivity contribution is 7.92. The normalized spacial score (nSPS) is 11.8. The summed E-state index contributed by atoms with van der Waals surface area (Å²) < 4.78 is 35.6. The fourth-order valence-corrected chi connectivity index (χ4v) is 7.09. The van der Waals surface area contributed by atoms with Gasteiger partial charge in [0.2, 0.25) is 11.8 Å². The Morgan fingerprint density at radius 1 is 0.760 bits per heavy atom. The van der Waals surface area contributed by atoms with Crippen molar-refractivity contribution in [3.8, 4) is 11.5 Å². The maximum Gasteiger partial charge on any atom is 0.264 e. The molecule has 1 atom stereocenters. The van der Waals surface area contributed by atoms with E-state index < -0.39 is 28.5 Å². The Kier molecular flexibility index (Phi) is 12.2. The molecule has 0 aliphatic heterocycles. The van der Waals surface area contributed by atoms with Crippen LogP contribution in [0.15, 0.2) is 132 Å². The minimum Gasteiger partial charge on any atom is -0.457 e. The van der Waals surface area contributed by atoms with Gasteiger partial charge in [0.1, 0.15) is 24.1 Å². The minimum atomic E-state index is -4.27. The Balaban J connectivity index is 1.56. The van der Waals surface area contributed by atoms with Crippen molar-refractivity contribution < 1.29 is 22.7 Å². The highest BCUT2D eigenvalue weighted by atomic mass is 35.5. The van der Waals surface area contributed by atoms with Crippen molar-refractivity contribution in [3.05, 3.63) is 154 Å². The Bertz CT molecular complexity index is 2010. The van der Waals surface area contributed by atoms with Gasteiger partial charge in [0, 0.05) is 19.5 Å². The molecule has 0 saturated heterocycles. The van der Waals surface area contributed by atoms with Crippen molar-refractivity contribution in [2.75, 3.05) is 17.4 Å². The summed E-state index contributed by atoms with van der Waals surface area (Å²) in [5.41, 5.74) is 2.57. The van der Waals surface area contributed by atoms with Crippen LogP contribution in [0.2, 0.25) is 10.0 Å². The number of carbonyl (C=O) groups excluding carboxylic acids is 2. The first-order chi connectivity index (χ1) is 24.0. The van der Waals surface area contributed by atoms with E-state index in [4.69, 9.17) is 27.9 Å². The lowest BCUT2D eigenvalue weighted by molar-refractivity contribution is -0.140. The fraction of sp³-hybridized carbons (Fsp3) is 0.179. The van der Waals surface area contributed by atoms with Gasteiger partial charge in [-0.2, -0.15) is 0 Å². The second-order valence-electron chi connectivity index (χ2n) is 11.6. The van der Waals surface area contributed by atoms with Crippen molar-refractivity contribution >= 4 is 50.7 Å². The van der Waals surface area contributed by atoms with Gasteiger partial charge in [-0.15, -0.1) is 0 Å². The number of sulfonamides is 1. The zero-order chi connectivity index (χ0) is 35.7. The van der Waals surface area contributed by atoms with Crippen LogP contribution in [0.25, 0.3) is 0 Å². The zero-order valence-corrected chi connectivity index (χ0v) is 30.0. The van der Waals surface area contributed by atoms with Crippen molar-refractivity contribution in [3.63, 3.8) is 0 Å². The Labute approximate surface area is 303 Å². The summed E-state index contributed by atoms with van der Waals surface area (Å²) in [7, 11) is -4.27. The highest BCUT2D eigenvalue weighted by Crippen LogP contribution is 2.30. The number of halogens is 2. The third-order valence-corrected chi connectivity index (χ3v) is 10.5. The Morgan fingerprint density at radius 2 is 1.38 bits per heavy atom. The molecule has 5 rings (SSSR count). The maximum atomic E-state index is 14.6. The largest absolute Gasteiger partial charge is 0.457 e. The van der Waals surface area contributed by atoms with Crippen molar-refractivity contribution in [2.45, 2.75) is 37.8 Å². The molecular formula is C39H37Cl2N3O5S. The van der Waals surface area contributed by atoms with Gasteiger partial charge in [0.15, 0.2) is 0 Å². The molecule has 5 aromatic carbocycles. The SMILES string of the molecule is CCNC(=O)[C@H](Cc1ccccc1)N(Cc1ccc(Cl)c(Cl)c1)C(=O)CN(c1ccc(Oc2ccccc2)cc1)S(=O)(=O)c1ccc(C)cc1. The average molecular weight is 731 g/mol. The molecule has 5 aromatic rings. The van der Waals surface area contributed by atoms with Gasteiger partial charge in [-0.05, 0) is 85.6 Å². The van der Waals surface area contributed by atoms with Crippen molar-refractivity contribution in [1.29, 1.82) is 0 Å². The number of ether oxygens (including phenoxy) is 1. The summed E-state index contributed by atoms with van der Waals surface area (Å²) in [6, 6.07) is 35.4. The van der Waals surface area contributed by atoms with E-state index in [-0.39, 0.29) is 34.5 Å². The summed E-state index contributed by atoms with van der Waals surface area (Å²) in [6.07, 6.45) is 0.190. The summed E-state index contributed by atoms with van der Waals surface area (Å²) in [6.45, 7) is 3.36. The molecule has 50 heavy (non-hydrogen) atoms. The number of carbonyl (C=O) groups is 2. The van der Waals surface area contributed by atoms with Gasteiger partial charge in [0.25, 0.3) is 10.0 Å². The van der Waals surface area contributed by atoms with Crippen LogP contribution in [0.1, 0.15) is 23.6 Å². The summed E-state index contributed by atoms with van der Waals surface area (Å²) in [5, 5.41) is 3.48. The van der Waals surface area contributed by atoms with E-state index in [9.17, 15) is 18.0 Å². The van der Waals surface area contributed by atoms with Crippen LogP contribution in [-0.4, -0.2) is 44.3 Å². The van der Waals surface area contributed by atoms with E-state index in [0.717, 1.165) is 15.4 Å². The molecule has 0 unspecified atom stereocenters. The molecule has 0 bridgehead atoms. The van der Waals surface area contributed by atoms with E-state index in [1.165, 1.54) is 17.0 Å². The van der Waals surface area contributed by atoms with Crippen LogP contribution < -0.4 is 14.4 Å². The summed E-state index contributed by atoms with van der Waals surface area (Å²) in [5.74, 6) is 0.135. The molecular weight excluding hydrogens is 693 g/mol. The highest BCUT2D eigenvalue weighted by Gasteiger charge is 2.34. The van der Waals surface area contributed by atoms with Gasteiger partial charge >= 0.3 is 0 Å². The third kappa shape index (κ3) is 9.24. The number of hydrogen-bond acceptors (Lipinski definition) is 5. The van der Waals surface area contributed by atoms with E-state index in [2.05, 4.69) is 5.32 Å². The van der Waals surface area contributed by atoms with Crippen LogP contribution in [-0.2, 0) is 32.6 Å². The van der Waals surface area contributed by atoms with Crippen LogP contribution in [0.4, 0.5) is 5.69 Å². The second kappa shape index (κ2) is 16.7. The fourth-order valence-electron chi connectivity index (χ4n) is 5.35. The van der Waals surface area contributed by atoms with Crippen LogP contribution >= 0.6 is 23.2 Å². The van der Waals surface area contributed by atoms with E-state index in [0.29, 0.717) is 28.6 Å². The number of nitrogens with zero attached hydrogens (tertiary/aromatic N) is 2. The van der Waals surface area contributed by atoms with Gasteiger partial charge in [-0.1, -0.05) is 95.5 Å². The molecule has 11 heteroatoms. The topological polar surface area (TPSA) is 96.0 Å². The van der Waals surface area contributed by atoms with Crippen LogP contribution in [0, 0.1) is 6.92 Å². The molecule has 0 spiro atoms. The van der Waals surface area contributed by atoms with Gasteiger partial charge < -0.3 is 15.0 Å². The number of amides is 2. The average Bonchev–Trinajstić information content (AvgIpc) is 3.11. The first kappa shape index (κ1) is 36.5. The second-order valence-corrected chi connectivity index (χ2v) is 14.3. The van der Waals surface area contributed by atoms with Crippen molar-refractivity contribution in [1.82, 2.24) is 10.2 Å². The number of nitrogens with one attached hydrogen (secondary N) is 1. The van der Waals surface area contributed by atoms with E-state index >= 15 is 0 Å². The number of hydrogen-bond donors (Lipinski definition) is 1. The number of aryl methyl sites for hydroxylation is 1. The molecule has 0 radical (unpaired) electrons. The summed E-state index contributed by atoms with van der Waals surface area (Å²) >= 11 is 12.5. The lowest BCUT2D eigenvalue weighted by Crippen LogP contribution is -2.53. The number of benzene rings is 5. The molecule has 0 saturated carbocycles. The number of likely N-dealkylation sites (N-methyl/N-ethyl adjacent to an activating group) is 1. The van der Waals surface area contributed by atoms with Gasteiger partial charge in [0.05, 0.1) is 20.6 Å². The predicted octanol–water partition coefficient (Wildman–Crippen LogP) is 8.07. The molecule has 258 valence electrons. The molecule has 0 aliphatic rings. The molecule has 0 aliphatic carbocycles. The van der Waals surface area contributed by atoms with E-state index in [1.807, 2.05) is 67.6 Å². The first-order valence-corrected chi connectivity index (χ1v) is 18.2. The number of para-hydroxylation sites is 1. The lowest BCUT2D eigenvalue weighted by Gasteiger charge is -2.34. The Hall–Kier alpha value is -4.83. The zero-order valence-electron chi connectivity index (χ0n) is 27.6. The smallest absolute Gasteiger partial charge is 0.264 e. The summed E-state index contributed by atoms with van der Waals surface area (Å²) in [4.78, 5) is 29.7. The third-order valence-electron chi connectivity index (χ3n) is 7.95. The lowest BCUT2D eigenvalue weighted by atomic mass is 10.0. The predicted molar refractivity (Wildman–Crippen MR) is 198 cm³/mol. The van der Waals surface area contributed by atoms with Gasteiger partial charge in [-0.3, -0.25) is 13.9 Å². The van der Waals surface area contributed by atoms with Crippen molar-refractivity contribution in [2.24, 2.45) is 0 Å². The van der Waals surface area contributed by atoms with Crippen LogP contribution in [0.5, 0.6) is 11.5 Å². The molecule has 0 aromatic heterocycles. The standard InChI is InChI=1S/C39H37Cl2N3O5S/c1-3-42-39(46)37(25-29-10-6-4-7-11-29)43(26-30-16-23-35(40)36(41)24-30)38(45)27-44(50(47,48)34-21-14-28(2)15-22-34)31-17-19-33(20-18-31)49-32-12-8-5-9-13-32/h4-24,37H,3,25-27H2,1-2H3,(H,42,46)/t37-/m0/s1. The van der Waals surface area contributed by atoms with Crippen LogP contribution in [0.3, 0.4) is 0 Å². The van der Waals surface area contributed by atoms with Gasteiger partial charge in [-0.25, -0.2) is 8.42 Å². The number of anilines is 1. The number of rotatable bonds is 14. The first-order valence-electron chi connectivity index (χ1n) is 16.0. The minimum absolute atomic E-state index is 0.0149.